The van der Waals surface area contributed by atoms with Crippen LogP contribution in [0.5, 0.6) is 0 Å². The van der Waals surface area contributed by atoms with E-state index in [0.29, 0.717) is 5.69 Å². The summed E-state index contributed by atoms with van der Waals surface area (Å²) in [6, 6.07) is 7.45. The Morgan fingerprint density at radius 1 is 1.09 bits per heavy atom. The largest absolute Gasteiger partial charge is 0.385 e. The highest BCUT2D eigenvalue weighted by atomic mass is 32.2. The van der Waals surface area contributed by atoms with Crippen LogP contribution in [0, 0.1) is 5.92 Å². The van der Waals surface area contributed by atoms with Crippen LogP contribution in [0.3, 0.4) is 0 Å². The van der Waals surface area contributed by atoms with Crippen molar-refractivity contribution < 1.29 is 8.42 Å². The lowest BCUT2D eigenvalue weighted by atomic mass is 9.97. The monoisotopic (exact) mass is 325 g/mol. The molecule has 0 spiro atoms. The minimum absolute atomic E-state index is 0.0868. The zero-order valence-corrected chi connectivity index (χ0v) is 14.3. The molecule has 0 atom stereocenters. The number of hydrogen-bond acceptors (Lipinski definition) is 4. The standard InChI is InChI=1S/C16H27N3O2S/c1-3-19-11-9-14(10-12-19)13-17-15-5-7-16(8-6-15)18-22(20,21)4-2/h5-8,14,17-18H,3-4,9-13H2,1-2H3. The molecular weight excluding hydrogens is 298 g/mol. The lowest BCUT2D eigenvalue weighted by Crippen LogP contribution is -2.35. The van der Waals surface area contributed by atoms with Gasteiger partial charge >= 0.3 is 0 Å². The third-order valence-electron chi connectivity index (χ3n) is 4.29. The molecule has 1 heterocycles. The van der Waals surface area contributed by atoms with Gasteiger partial charge in [-0.15, -0.1) is 0 Å². The molecule has 1 saturated heterocycles. The molecule has 0 bridgehead atoms. The van der Waals surface area contributed by atoms with Crippen molar-refractivity contribution in [1.29, 1.82) is 0 Å². The van der Waals surface area contributed by atoms with E-state index in [-0.39, 0.29) is 5.75 Å². The zero-order chi connectivity index (χ0) is 16.0. The van der Waals surface area contributed by atoms with Gasteiger partial charge in [0, 0.05) is 17.9 Å². The second-order valence-electron chi connectivity index (χ2n) is 5.84. The molecule has 1 aliphatic heterocycles. The Bertz CT molecular complexity index is 549. The second-order valence-corrected chi connectivity index (χ2v) is 7.85. The van der Waals surface area contributed by atoms with Gasteiger partial charge in [0.05, 0.1) is 5.75 Å². The summed E-state index contributed by atoms with van der Waals surface area (Å²) in [7, 11) is -3.20. The summed E-state index contributed by atoms with van der Waals surface area (Å²) in [5.74, 6) is 0.810. The number of anilines is 2. The number of sulfonamides is 1. The molecule has 0 unspecified atom stereocenters. The molecule has 0 radical (unpaired) electrons. The zero-order valence-electron chi connectivity index (χ0n) is 13.5. The van der Waals surface area contributed by atoms with Gasteiger partial charge in [0.1, 0.15) is 0 Å². The number of rotatable bonds is 7. The highest BCUT2D eigenvalue weighted by Crippen LogP contribution is 2.19. The molecule has 2 rings (SSSR count). The highest BCUT2D eigenvalue weighted by molar-refractivity contribution is 7.92. The van der Waals surface area contributed by atoms with Crippen molar-refractivity contribution in [3.05, 3.63) is 24.3 Å². The summed E-state index contributed by atoms with van der Waals surface area (Å²) < 4.78 is 25.6. The van der Waals surface area contributed by atoms with E-state index >= 15 is 0 Å². The lowest BCUT2D eigenvalue weighted by molar-refractivity contribution is 0.198. The highest BCUT2D eigenvalue weighted by Gasteiger charge is 2.17. The molecule has 124 valence electrons. The van der Waals surface area contributed by atoms with Gasteiger partial charge in [0.25, 0.3) is 0 Å². The van der Waals surface area contributed by atoms with E-state index in [1.54, 1.807) is 19.1 Å². The normalized spacial score (nSPS) is 17.4. The van der Waals surface area contributed by atoms with Crippen molar-refractivity contribution >= 4 is 21.4 Å². The smallest absolute Gasteiger partial charge is 0.232 e. The summed E-state index contributed by atoms with van der Waals surface area (Å²) in [5, 5.41) is 3.46. The van der Waals surface area contributed by atoms with Crippen LogP contribution >= 0.6 is 0 Å². The Morgan fingerprint density at radius 2 is 1.68 bits per heavy atom. The number of benzene rings is 1. The first-order valence-electron chi connectivity index (χ1n) is 8.09. The van der Waals surface area contributed by atoms with Gasteiger partial charge in [-0.1, -0.05) is 6.92 Å². The molecule has 0 aromatic heterocycles. The van der Waals surface area contributed by atoms with Gasteiger partial charge in [-0.2, -0.15) is 0 Å². The van der Waals surface area contributed by atoms with Gasteiger partial charge < -0.3 is 10.2 Å². The van der Waals surface area contributed by atoms with Crippen LogP contribution in [0.15, 0.2) is 24.3 Å². The minimum atomic E-state index is -3.20. The molecule has 5 nitrogen and oxygen atoms in total. The predicted molar refractivity (Wildman–Crippen MR) is 92.9 cm³/mol. The van der Waals surface area contributed by atoms with E-state index < -0.39 is 10.0 Å². The maximum Gasteiger partial charge on any atom is 0.232 e. The number of piperidine rings is 1. The van der Waals surface area contributed by atoms with Gasteiger partial charge in [-0.05, 0) is 69.6 Å². The Hall–Kier alpha value is -1.27. The third-order valence-corrected chi connectivity index (χ3v) is 5.59. The fourth-order valence-corrected chi connectivity index (χ4v) is 3.32. The van der Waals surface area contributed by atoms with Crippen molar-refractivity contribution in [1.82, 2.24) is 4.90 Å². The Kier molecular flexibility index (Phi) is 6.08. The first-order valence-corrected chi connectivity index (χ1v) is 9.74. The molecule has 2 N–H and O–H groups in total. The van der Waals surface area contributed by atoms with Crippen LogP contribution in [0.1, 0.15) is 26.7 Å². The summed E-state index contributed by atoms with van der Waals surface area (Å²) in [5.41, 5.74) is 1.65. The molecule has 6 heteroatoms. The molecule has 0 aliphatic carbocycles. The van der Waals surface area contributed by atoms with Gasteiger partial charge in [0.2, 0.25) is 10.0 Å². The molecule has 0 amide bonds. The summed E-state index contributed by atoms with van der Waals surface area (Å²) >= 11 is 0. The molecule has 0 saturated carbocycles. The average molecular weight is 325 g/mol. The van der Waals surface area contributed by atoms with E-state index in [2.05, 4.69) is 21.9 Å². The van der Waals surface area contributed by atoms with Crippen molar-refractivity contribution in [2.24, 2.45) is 5.92 Å². The molecule has 1 fully saturated rings. The van der Waals surface area contributed by atoms with Gasteiger partial charge in [0.15, 0.2) is 0 Å². The minimum Gasteiger partial charge on any atom is -0.385 e. The summed E-state index contributed by atoms with van der Waals surface area (Å²) in [6.07, 6.45) is 2.49. The molecule has 1 aliphatic rings. The fraction of sp³-hybridized carbons (Fsp3) is 0.625. The van der Waals surface area contributed by atoms with Crippen molar-refractivity contribution in [3.8, 4) is 0 Å². The topological polar surface area (TPSA) is 61.4 Å². The van der Waals surface area contributed by atoms with E-state index in [1.165, 1.54) is 25.9 Å². The van der Waals surface area contributed by atoms with Crippen molar-refractivity contribution in [2.45, 2.75) is 26.7 Å². The van der Waals surface area contributed by atoms with Crippen molar-refractivity contribution in [3.63, 3.8) is 0 Å². The van der Waals surface area contributed by atoms with Crippen LogP contribution in [-0.2, 0) is 10.0 Å². The van der Waals surface area contributed by atoms with Crippen LogP contribution < -0.4 is 10.0 Å². The SMILES string of the molecule is CCN1CCC(CNc2ccc(NS(=O)(=O)CC)cc2)CC1. The second kappa shape index (κ2) is 7.83. The van der Waals surface area contributed by atoms with Gasteiger partial charge in [-0.3, -0.25) is 4.72 Å². The van der Waals surface area contributed by atoms with E-state index in [0.717, 1.165) is 24.7 Å². The van der Waals surface area contributed by atoms with E-state index in [1.807, 2.05) is 12.1 Å². The quantitative estimate of drug-likeness (QED) is 0.809. The number of nitrogens with one attached hydrogen (secondary N) is 2. The maximum atomic E-state index is 11.5. The Balaban J connectivity index is 1.79. The molecule has 1 aromatic carbocycles. The summed E-state index contributed by atoms with van der Waals surface area (Å²) in [6.45, 7) is 8.36. The van der Waals surface area contributed by atoms with Crippen LogP contribution in [0.4, 0.5) is 11.4 Å². The first-order chi connectivity index (χ1) is 10.5. The fourth-order valence-electron chi connectivity index (χ4n) is 2.68. The number of hydrogen-bond donors (Lipinski definition) is 2. The number of likely N-dealkylation sites (tertiary alicyclic amines) is 1. The van der Waals surface area contributed by atoms with E-state index in [9.17, 15) is 8.42 Å². The Labute approximate surface area is 134 Å². The summed E-state index contributed by atoms with van der Waals surface area (Å²) in [4.78, 5) is 2.49. The Morgan fingerprint density at radius 3 is 2.23 bits per heavy atom. The van der Waals surface area contributed by atoms with Crippen LogP contribution in [0.25, 0.3) is 0 Å². The van der Waals surface area contributed by atoms with Gasteiger partial charge in [-0.25, -0.2) is 8.42 Å². The molecular formula is C16H27N3O2S. The van der Waals surface area contributed by atoms with E-state index in [4.69, 9.17) is 0 Å². The van der Waals surface area contributed by atoms with Crippen molar-refractivity contribution in [2.75, 3.05) is 42.0 Å². The lowest BCUT2D eigenvalue weighted by Gasteiger charge is -2.31. The predicted octanol–water partition coefficient (Wildman–Crippen LogP) is 2.59. The van der Waals surface area contributed by atoms with Crippen LogP contribution in [0.2, 0.25) is 0 Å². The molecule has 22 heavy (non-hydrogen) atoms. The number of nitrogens with zero attached hydrogens (tertiary/aromatic N) is 1. The first kappa shape index (κ1) is 17.1. The third kappa shape index (κ3) is 5.18. The van der Waals surface area contributed by atoms with Crippen LogP contribution in [-0.4, -0.2) is 45.2 Å². The average Bonchev–Trinajstić information content (AvgIpc) is 2.54. The molecule has 1 aromatic rings. The maximum absolute atomic E-state index is 11.5.